The summed E-state index contributed by atoms with van der Waals surface area (Å²) in [6.07, 6.45) is 3.19. The predicted octanol–water partition coefficient (Wildman–Crippen LogP) is 2.87. The van der Waals surface area contributed by atoms with Crippen molar-refractivity contribution in [1.29, 1.82) is 0 Å². The third kappa shape index (κ3) is 5.66. The van der Waals surface area contributed by atoms with Gasteiger partial charge in [-0.1, -0.05) is 30.3 Å². The van der Waals surface area contributed by atoms with Crippen LogP contribution in [0.4, 0.5) is 0 Å². The van der Waals surface area contributed by atoms with Crippen LogP contribution < -0.4 is 0 Å². The maximum atomic E-state index is 13.1. The molecular formula is C24H32N4O2. The van der Waals surface area contributed by atoms with Crippen molar-refractivity contribution in [2.75, 3.05) is 46.8 Å². The van der Waals surface area contributed by atoms with E-state index in [4.69, 9.17) is 0 Å². The van der Waals surface area contributed by atoms with Crippen molar-refractivity contribution < 1.29 is 9.59 Å². The lowest BCUT2D eigenvalue weighted by molar-refractivity contribution is 0.0757. The van der Waals surface area contributed by atoms with E-state index in [0.717, 1.165) is 52.0 Å². The van der Waals surface area contributed by atoms with E-state index >= 15 is 0 Å². The fraction of sp³-hybridized carbons (Fsp3) is 0.458. The zero-order valence-corrected chi connectivity index (χ0v) is 18.3. The largest absolute Gasteiger partial charge is 0.343 e. The lowest BCUT2D eigenvalue weighted by atomic mass is 10.1. The molecule has 0 N–H and O–H groups in total. The Kier molecular flexibility index (Phi) is 7.57. The number of benzene rings is 1. The second-order valence-corrected chi connectivity index (χ2v) is 8.11. The molecular weight excluding hydrogens is 376 g/mol. The zero-order chi connectivity index (χ0) is 21.5. The number of pyridine rings is 1. The molecule has 0 spiro atoms. The Morgan fingerprint density at radius 3 is 2.47 bits per heavy atom. The number of aromatic nitrogens is 1. The second kappa shape index (κ2) is 10.3. The summed E-state index contributed by atoms with van der Waals surface area (Å²) in [4.78, 5) is 35.4. The number of carbonyl (C=O) groups is 2. The molecule has 0 bridgehead atoms. The lowest BCUT2D eigenvalue weighted by Gasteiger charge is -2.22. The topological polar surface area (TPSA) is 56.8 Å². The maximum Gasteiger partial charge on any atom is 0.271 e. The maximum absolute atomic E-state index is 13.1. The van der Waals surface area contributed by atoms with Gasteiger partial charge >= 0.3 is 0 Å². The molecule has 0 saturated carbocycles. The Labute approximate surface area is 179 Å². The van der Waals surface area contributed by atoms with E-state index in [2.05, 4.69) is 40.2 Å². The highest BCUT2D eigenvalue weighted by Gasteiger charge is 2.22. The summed E-state index contributed by atoms with van der Waals surface area (Å²) in [5, 5.41) is 0. The number of amides is 2. The van der Waals surface area contributed by atoms with E-state index in [-0.39, 0.29) is 11.8 Å². The summed E-state index contributed by atoms with van der Waals surface area (Å²) < 4.78 is 0. The molecule has 0 unspecified atom stereocenters. The predicted molar refractivity (Wildman–Crippen MR) is 119 cm³/mol. The number of aryl methyl sites for hydroxylation is 2. The number of nitrogens with zero attached hydrogens (tertiary/aromatic N) is 4. The number of carbonyl (C=O) groups excluding carboxylic acids is 2. The summed E-state index contributed by atoms with van der Waals surface area (Å²) in [6, 6.07) is 14.0. The molecule has 6 nitrogen and oxygen atoms in total. The van der Waals surface area contributed by atoms with Crippen LogP contribution in [0.15, 0.2) is 42.5 Å². The van der Waals surface area contributed by atoms with E-state index in [1.165, 1.54) is 10.5 Å². The van der Waals surface area contributed by atoms with Crippen LogP contribution >= 0.6 is 0 Å². The van der Waals surface area contributed by atoms with Crippen LogP contribution in [0.3, 0.4) is 0 Å². The standard InChI is InChI=1S/C24H32N4O2/c1-19-21(12-13-22(25-19)24(30)26(2)3)23(29)28-16-8-15-27(17-18-28)14-7-11-20-9-5-4-6-10-20/h4-6,9-10,12-13H,7-8,11,14-18H2,1-3H3. The summed E-state index contributed by atoms with van der Waals surface area (Å²) in [7, 11) is 3.39. The Balaban J connectivity index is 1.54. The molecule has 1 aliphatic rings. The molecule has 30 heavy (non-hydrogen) atoms. The number of hydrogen-bond donors (Lipinski definition) is 0. The average molecular weight is 409 g/mol. The fourth-order valence-electron chi connectivity index (χ4n) is 3.85. The Hall–Kier alpha value is -2.73. The van der Waals surface area contributed by atoms with Gasteiger partial charge in [-0.25, -0.2) is 4.98 Å². The Bertz CT molecular complexity index is 867. The molecule has 160 valence electrons. The normalized spacial score (nSPS) is 15.0. The molecule has 1 saturated heterocycles. The van der Waals surface area contributed by atoms with E-state index in [9.17, 15) is 9.59 Å². The first kappa shape index (κ1) is 22.0. The monoisotopic (exact) mass is 408 g/mol. The van der Waals surface area contributed by atoms with Crippen LogP contribution in [0.2, 0.25) is 0 Å². The van der Waals surface area contributed by atoms with E-state index in [0.29, 0.717) is 17.0 Å². The first-order chi connectivity index (χ1) is 14.5. The van der Waals surface area contributed by atoms with Crippen molar-refractivity contribution in [1.82, 2.24) is 19.7 Å². The fourth-order valence-corrected chi connectivity index (χ4v) is 3.85. The molecule has 1 aromatic heterocycles. The van der Waals surface area contributed by atoms with Gasteiger partial charge in [0.05, 0.1) is 11.3 Å². The van der Waals surface area contributed by atoms with Crippen molar-refractivity contribution in [2.24, 2.45) is 0 Å². The SMILES string of the molecule is Cc1nc(C(=O)N(C)C)ccc1C(=O)N1CCCN(CCCc2ccccc2)CC1. The Morgan fingerprint density at radius 2 is 1.77 bits per heavy atom. The molecule has 0 aliphatic carbocycles. The molecule has 1 aromatic carbocycles. The van der Waals surface area contributed by atoms with E-state index < -0.39 is 0 Å². The third-order valence-corrected chi connectivity index (χ3v) is 5.60. The van der Waals surface area contributed by atoms with Crippen molar-refractivity contribution in [3.63, 3.8) is 0 Å². The van der Waals surface area contributed by atoms with Crippen LogP contribution in [-0.4, -0.2) is 78.3 Å². The molecule has 3 rings (SSSR count). The van der Waals surface area contributed by atoms with Crippen LogP contribution in [0.5, 0.6) is 0 Å². The first-order valence-electron chi connectivity index (χ1n) is 10.7. The van der Waals surface area contributed by atoms with Crippen molar-refractivity contribution in [3.05, 3.63) is 65.0 Å². The molecule has 1 fully saturated rings. The van der Waals surface area contributed by atoms with Gasteiger partial charge in [-0.05, 0) is 57.0 Å². The van der Waals surface area contributed by atoms with Gasteiger partial charge in [0.25, 0.3) is 11.8 Å². The van der Waals surface area contributed by atoms with Gasteiger partial charge in [0.2, 0.25) is 0 Å². The molecule has 2 amide bonds. The minimum atomic E-state index is -0.155. The van der Waals surface area contributed by atoms with Crippen molar-refractivity contribution >= 4 is 11.8 Å². The summed E-state index contributed by atoms with van der Waals surface area (Å²) in [5.41, 5.74) is 2.94. The van der Waals surface area contributed by atoms with Crippen molar-refractivity contribution in [3.8, 4) is 0 Å². The van der Waals surface area contributed by atoms with Gasteiger partial charge in [0.15, 0.2) is 0 Å². The van der Waals surface area contributed by atoms with Crippen LogP contribution in [0, 0.1) is 6.92 Å². The van der Waals surface area contributed by atoms with Gasteiger partial charge in [0, 0.05) is 33.7 Å². The molecule has 1 aliphatic heterocycles. The van der Waals surface area contributed by atoms with Crippen LogP contribution in [0.25, 0.3) is 0 Å². The minimum absolute atomic E-state index is 0.00925. The van der Waals surface area contributed by atoms with Crippen LogP contribution in [-0.2, 0) is 6.42 Å². The van der Waals surface area contributed by atoms with Crippen molar-refractivity contribution in [2.45, 2.75) is 26.2 Å². The highest BCUT2D eigenvalue weighted by atomic mass is 16.2. The molecule has 2 aromatic rings. The molecule has 0 atom stereocenters. The average Bonchev–Trinajstić information content (AvgIpc) is 2.99. The summed E-state index contributed by atoms with van der Waals surface area (Å²) >= 11 is 0. The van der Waals surface area contributed by atoms with Gasteiger partial charge in [-0.2, -0.15) is 0 Å². The summed E-state index contributed by atoms with van der Waals surface area (Å²) in [6.45, 7) is 6.25. The quantitative estimate of drug-likeness (QED) is 0.738. The Morgan fingerprint density at radius 1 is 1.00 bits per heavy atom. The van der Waals surface area contributed by atoms with Gasteiger partial charge < -0.3 is 14.7 Å². The van der Waals surface area contributed by atoms with Gasteiger partial charge in [-0.3, -0.25) is 9.59 Å². The smallest absolute Gasteiger partial charge is 0.271 e. The molecule has 2 heterocycles. The molecule has 0 radical (unpaired) electrons. The number of rotatable bonds is 6. The van der Waals surface area contributed by atoms with Gasteiger partial charge in [-0.15, -0.1) is 0 Å². The molecule has 6 heteroatoms. The first-order valence-corrected chi connectivity index (χ1v) is 10.7. The van der Waals surface area contributed by atoms with Crippen LogP contribution in [0.1, 0.15) is 44.9 Å². The third-order valence-electron chi connectivity index (χ3n) is 5.60. The number of hydrogen-bond acceptors (Lipinski definition) is 4. The highest BCUT2D eigenvalue weighted by Crippen LogP contribution is 2.14. The zero-order valence-electron chi connectivity index (χ0n) is 18.3. The summed E-state index contributed by atoms with van der Waals surface area (Å²) in [5.74, 6) is -0.145. The minimum Gasteiger partial charge on any atom is -0.343 e. The van der Waals surface area contributed by atoms with Gasteiger partial charge in [0.1, 0.15) is 5.69 Å². The highest BCUT2D eigenvalue weighted by molar-refractivity contribution is 5.97. The lowest BCUT2D eigenvalue weighted by Crippen LogP contribution is -2.36. The van der Waals surface area contributed by atoms with E-state index in [1.54, 1.807) is 33.2 Å². The van der Waals surface area contributed by atoms with E-state index in [1.807, 2.05) is 4.90 Å². The second-order valence-electron chi connectivity index (χ2n) is 8.11.